The molecule has 0 bridgehead atoms. The molecule has 0 spiro atoms. The Hall–Kier alpha value is -1.06. The van der Waals surface area contributed by atoms with Crippen molar-refractivity contribution in [2.75, 3.05) is 13.4 Å². The zero-order valence-corrected chi connectivity index (χ0v) is 9.69. The summed E-state index contributed by atoms with van der Waals surface area (Å²) in [6, 6.07) is 7.90. The topological polar surface area (TPSA) is 44.5 Å². The molecule has 0 amide bonds. The molecule has 1 aliphatic carbocycles. The van der Waals surface area contributed by atoms with Crippen molar-refractivity contribution in [3.05, 3.63) is 29.8 Å². The van der Waals surface area contributed by atoms with Crippen molar-refractivity contribution >= 4 is 0 Å². The number of ether oxygens (including phenoxy) is 2. The van der Waals surface area contributed by atoms with Crippen LogP contribution in [0.4, 0.5) is 0 Å². The van der Waals surface area contributed by atoms with Gasteiger partial charge in [0.1, 0.15) is 5.75 Å². The molecule has 2 N–H and O–H groups in total. The van der Waals surface area contributed by atoms with Gasteiger partial charge in [-0.2, -0.15) is 0 Å². The third-order valence-corrected chi connectivity index (χ3v) is 2.77. The molecule has 3 heteroatoms. The minimum absolute atomic E-state index is 0.0696. The van der Waals surface area contributed by atoms with Crippen LogP contribution in [0.25, 0.3) is 0 Å². The van der Waals surface area contributed by atoms with E-state index in [1.165, 1.54) is 12.8 Å². The molecule has 0 saturated heterocycles. The lowest BCUT2D eigenvalue weighted by atomic mass is 10.1. The maximum absolute atomic E-state index is 5.76. The normalized spacial score (nSPS) is 17.1. The monoisotopic (exact) mass is 221 g/mol. The Morgan fingerprint density at radius 1 is 1.31 bits per heavy atom. The van der Waals surface area contributed by atoms with Gasteiger partial charge >= 0.3 is 0 Å². The Labute approximate surface area is 96.5 Å². The highest BCUT2D eigenvalue weighted by Crippen LogP contribution is 2.28. The molecular weight excluding hydrogens is 202 g/mol. The Morgan fingerprint density at radius 3 is 2.56 bits per heavy atom. The molecule has 0 unspecified atom stereocenters. The minimum atomic E-state index is 0.0696. The van der Waals surface area contributed by atoms with Crippen molar-refractivity contribution in [1.29, 1.82) is 0 Å². The lowest BCUT2D eigenvalue weighted by Gasteiger charge is -2.09. The molecule has 0 aromatic heterocycles. The second-order valence-corrected chi connectivity index (χ2v) is 4.43. The highest BCUT2D eigenvalue weighted by atomic mass is 16.7. The van der Waals surface area contributed by atoms with Crippen LogP contribution in [0.1, 0.15) is 31.4 Å². The summed E-state index contributed by atoms with van der Waals surface area (Å²) in [4.78, 5) is 0. The molecule has 0 heterocycles. The molecule has 1 fully saturated rings. The number of nitrogens with two attached hydrogens (primary N) is 1. The predicted octanol–water partition coefficient (Wildman–Crippen LogP) is 2.47. The van der Waals surface area contributed by atoms with Crippen molar-refractivity contribution in [2.24, 2.45) is 11.7 Å². The van der Waals surface area contributed by atoms with Crippen molar-refractivity contribution in [3.8, 4) is 5.75 Å². The first-order chi connectivity index (χ1) is 7.75. The molecule has 0 aliphatic heterocycles. The van der Waals surface area contributed by atoms with Gasteiger partial charge in [0.25, 0.3) is 0 Å². The van der Waals surface area contributed by atoms with Crippen LogP contribution >= 0.6 is 0 Å². The predicted molar refractivity (Wildman–Crippen MR) is 63.2 cm³/mol. The second kappa shape index (κ2) is 5.32. The van der Waals surface area contributed by atoms with Gasteiger partial charge in [-0.25, -0.2) is 0 Å². The first kappa shape index (κ1) is 11.4. The summed E-state index contributed by atoms with van der Waals surface area (Å²) in [6.07, 6.45) is 2.62. The van der Waals surface area contributed by atoms with Crippen molar-refractivity contribution in [3.63, 3.8) is 0 Å². The van der Waals surface area contributed by atoms with Gasteiger partial charge in [-0.05, 0) is 43.4 Å². The first-order valence-electron chi connectivity index (χ1n) is 5.82. The number of hydrogen-bond donors (Lipinski definition) is 1. The fraction of sp³-hybridized carbons (Fsp3) is 0.538. The molecule has 1 aromatic carbocycles. The van der Waals surface area contributed by atoms with Gasteiger partial charge < -0.3 is 15.2 Å². The SMILES string of the molecule is C[C@H](N)c1ccc(OCOCC2CC2)cc1. The zero-order valence-electron chi connectivity index (χ0n) is 9.69. The summed E-state index contributed by atoms with van der Waals surface area (Å²) in [5.41, 5.74) is 6.88. The van der Waals surface area contributed by atoms with E-state index in [2.05, 4.69) is 0 Å². The Kier molecular flexibility index (Phi) is 3.80. The van der Waals surface area contributed by atoms with Gasteiger partial charge in [0.05, 0.1) is 6.61 Å². The van der Waals surface area contributed by atoms with Gasteiger partial charge in [-0.15, -0.1) is 0 Å². The third kappa shape index (κ3) is 3.51. The molecule has 0 radical (unpaired) electrons. The summed E-state index contributed by atoms with van der Waals surface area (Å²) < 4.78 is 10.8. The third-order valence-electron chi connectivity index (χ3n) is 2.77. The molecule has 88 valence electrons. The van der Waals surface area contributed by atoms with Crippen LogP contribution in [-0.2, 0) is 4.74 Å². The number of rotatable bonds is 6. The van der Waals surface area contributed by atoms with E-state index in [0.29, 0.717) is 6.79 Å². The van der Waals surface area contributed by atoms with Crippen LogP contribution in [0.15, 0.2) is 24.3 Å². The number of benzene rings is 1. The lowest BCUT2D eigenvalue weighted by Crippen LogP contribution is -2.06. The average molecular weight is 221 g/mol. The summed E-state index contributed by atoms with van der Waals surface area (Å²) >= 11 is 0. The summed E-state index contributed by atoms with van der Waals surface area (Å²) in [6.45, 7) is 3.14. The van der Waals surface area contributed by atoms with E-state index in [4.69, 9.17) is 15.2 Å². The van der Waals surface area contributed by atoms with E-state index in [9.17, 15) is 0 Å². The smallest absolute Gasteiger partial charge is 0.189 e. The maximum Gasteiger partial charge on any atom is 0.189 e. The van der Waals surface area contributed by atoms with Crippen LogP contribution in [0, 0.1) is 5.92 Å². The summed E-state index contributed by atoms with van der Waals surface area (Å²) in [5.74, 6) is 1.62. The minimum Gasteiger partial charge on any atom is -0.468 e. The molecule has 1 saturated carbocycles. The van der Waals surface area contributed by atoms with E-state index in [0.717, 1.165) is 23.8 Å². The summed E-state index contributed by atoms with van der Waals surface area (Å²) in [5, 5.41) is 0. The Balaban J connectivity index is 1.71. The van der Waals surface area contributed by atoms with Gasteiger partial charge in [0.15, 0.2) is 6.79 Å². The molecule has 16 heavy (non-hydrogen) atoms. The van der Waals surface area contributed by atoms with Crippen LogP contribution < -0.4 is 10.5 Å². The molecule has 1 aliphatic rings. The largest absolute Gasteiger partial charge is 0.468 e. The van der Waals surface area contributed by atoms with Crippen molar-refractivity contribution in [2.45, 2.75) is 25.8 Å². The van der Waals surface area contributed by atoms with Crippen molar-refractivity contribution in [1.82, 2.24) is 0 Å². The van der Waals surface area contributed by atoms with Gasteiger partial charge in [-0.1, -0.05) is 12.1 Å². The van der Waals surface area contributed by atoms with E-state index in [-0.39, 0.29) is 6.04 Å². The van der Waals surface area contributed by atoms with Crippen molar-refractivity contribution < 1.29 is 9.47 Å². The van der Waals surface area contributed by atoms with Gasteiger partial charge in [0.2, 0.25) is 0 Å². The van der Waals surface area contributed by atoms with Crippen LogP contribution in [0.5, 0.6) is 5.75 Å². The average Bonchev–Trinajstić information content (AvgIpc) is 3.09. The molecule has 3 nitrogen and oxygen atoms in total. The second-order valence-electron chi connectivity index (χ2n) is 4.43. The highest BCUT2D eigenvalue weighted by Gasteiger charge is 2.20. The van der Waals surface area contributed by atoms with Gasteiger partial charge in [-0.3, -0.25) is 0 Å². The lowest BCUT2D eigenvalue weighted by molar-refractivity contribution is 0.00997. The fourth-order valence-electron chi connectivity index (χ4n) is 1.48. The van der Waals surface area contributed by atoms with E-state index in [1.54, 1.807) is 0 Å². The molecule has 2 rings (SSSR count). The van der Waals surface area contributed by atoms with E-state index >= 15 is 0 Å². The number of hydrogen-bond acceptors (Lipinski definition) is 3. The van der Waals surface area contributed by atoms with E-state index in [1.807, 2.05) is 31.2 Å². The van der Waals surface area contributed by atoms with Crippen LogP contribution in [0.2, 0.25) is 0 Å². The van der Waals surface area contributed by atoms with Crippen LogP contribution in [-0.4, -0.2) is 13.4 Å². The van der Waals surface area contributed by atoms with Gasteiger partial charge in [0, 0.05) is 6.04 Å². The highest BCUT2D eigenvalue weighted by molar-refractivity contribution is 5.28. The maximum atomic E-state index is 5.76. The standard InChI is InChI=1S/C13H19NO2/c1-10(14)12-4-6-13(7-5-12)16-9-15-8-11-2-3-11/h4-7,10-11H,2-3,8-9,14H2,1H3/t10-/m0/s1. The molecule has 1 aromatic rings. The summed E-state index contributed by atoms with van der Waals surface area (Å²) in [7, 11) is 0. The Morgan fingerprint density at radius 2 is 2.00 bits per heavy atom. The quantitative estimate of drug-likeness (QED) is 0.593. The molecular formula is C13H19NO2. The van der Waals surface area contributed by atoms with E-state index < -0.39 is 0 Å². The fourth-order valence-corrected chi connectivity index (χ4v) is 1.48. The zero-order chi connectivity index (χ0) is 11.4. The molecule has 1 atom stereocenters. The van der Waals surface area contributed by atoms with Crippen LogP contribution in [0.3, 0.4) is 0 Å². The first-order valence-corrected chi connectivity index (χ1v) is 5.82. The Bertz CT molecular complexity index is 317.